The van der Waals surface area contributed by atoms with Gasteiger partial charge < -0.3 is 9.80 Å². The number of nitrogens with zero attached hydrogens (tertiary/aromatic N) is 5. The van der Waals surface area contributed by atoms with Crippen molar-refractivity contribution in [2.45, 2.75) is 38.6 Å². The van der Waals surface area contributed by atoms with Crippen LogP contribution in [-0.2, 0) is 6.42 Å². The molecule has 0 bridgehead atoms. The van der Waals surface area contributed by atoms with E-state index in [1.807, 2.05) is 13.1 Å². The molecule has 2 heterocycles. The molecule has 1 aliphatic carbocycles. The maximum atomic E-state index is 8.71. The molecular weight excluding hydrogens is 432 g/mol. The monoisotopic (exact) mass is 468 g/mol. The Morgan fingerprint density at radius 2 is 1.63 bits per heavy atom. The number of benzene rings is 2. The van der Waals surface area contributed by atoms with Crippen LogP contribution in [0.4, 0.5) is 0 Å². The minimum atomic E-state index is -0.166. The van der Waals surface area contributed by atoms with Crippen LogP contribution in [0.2, 0.25) is 0 Å². The second kappa shape index (κ2) is 9.68. The fourth-order valence-electron chi connectivity index (χ4n) is 4.88. The Labute approximate surface area is 209 Å². The lowest BCUT2D eigenvalue weighted by atomic mass is 10.0. The van der Waals surface area contributed by atoms with Crippen LogP contribution in [0.5, 0.6) is 0 Å². The highest BCUT2D eigenvalue weighted by atomic mass is 15.5. The zero-order valence-electron chi connectivity index (χ0n) is 21.1. The number of hydrazone groups is 1. The van der Waals surface area contributed by atoms with Crippen LogP contribution in [0.15, 0.2) is 76.8 Å². The number of hydrogen-bond donors (Lipinski definition) is 1. The molecule has 1 saturated heterocycles. The van der Waals surface area contributed by atoms with E-state index >= 15 is 0 Å². The summed E-state index contributed by atoms with van der Waals surface area (Å²) >= 11 is 0. The van der Waals surface area contributed by atoms with E-state index in [4.69, 9.17) is 10.5 Å². The Hall–Kier alpha value is -3.41. The van der Waals surface area contributed by atoms with Gasteiger partial charge in [-0.05, 0) is 49.5 Å². The predicted molar refractivity (Wildman–Crippen MR) is 145 cm³/mol. The van der Waals surface area contributed by atoms with Crippen LogP contribution in [0.1, 0.15) is 32.3 Å². The minimum Gasteiger partial charge on any atom is -0.357 e. The average molecular weight is 469 g/mol. The summed E-state index contributed by atoms with van der Waals surface area (Å²) in [6, 6.07) is 19.0. The fraction of sp³-hybridized carbons (Fsp3) is 0.414. The van der Waals surface area contributed by atoms with E-state index in [2.05, 4.69) is 94.3 Å². The van der Waals surface area contributed by atoms with E-state index in [0.29, 0.717) is 18.2 Å². The number of amidine groups is 3. The highest BCUT2D eigenvalue weighted by Crippen LogP contribution is 2.36. The van der Waals surface area contributed by atoms with Crippen molar-refractivity contribution in [1.29, 1.82) is 5.41 Å². The average Bonchev–Trinajstić information content (AvgIpc) is 3.72. The highest BCUT2D eigenvalue weighted by molar-refractivity contribution is 5.97. The van der Waals surface area contributed by atoms with Crippen molar-refractivity contribution in [3.8, 4) is 11.1 Å². The summed E-state index contributed by atoms with van der Waals surface area (Å²) in [5, 5.41) is 15.9. The van der Waals surface area contributed by atoms with Gasteiger partial charge in [-0.3, -0.25) is 10.4 Å². The van der Waals surface area contributed by atoms with Gasteiger partial charge in [-0.1, -0.05) is 60.7 Å². The van der Waals surface area contributed by atoms with Crippen molar-refractivity contribution in [3.05, 3.63) is 72.3 Å². The molecule has 1 saturated carbocycles. The van der Waals surface area contributed by atoms with Crippen molar-refractivity contribution in [2.75, 3.05) is 33.2 Å². The van der Waals surface area contributed by atoms with E-state index in [0.717, 1.165) is 37.9 Å². The van der Waals surface area contributed by atoms with Crippen LogP contribution < -0.4 is 0 Å². The molecule has 6 heteroatoms. The SMILES string of the molecule is C/N=C(/C1CC1)N1N=C(N2CCN(C(=N)Cc3ccc(-c4ccccc4)cc3)CC2)C=CC1(C)C. The van der Waals surface area contributed by atoms with Crippen molar-refractivity contribution in [2.24, 2.45) is 16.0 Å². The third-order valence-electron chi connectivity index (χ3n) is 7.20. The lowest BCUT2D eigenvalue weighted by Gasteiger charge is -2.42. The molecule has 0 atom stereocenters. The predicted octanol–water partition coefficient (Wildman–Crippen LogP) is 4.89. The molecular formula is C29H36N6. The van der Waals surface area contributed by atoms with Crippen LogP contribution >= 0.6 is 0 Å². The molecule has 0 unspecified atom stereocenters. The molecule has 3 aliphatic rings. The third kappa shape index (κ3) is 5.16. The highest BCUT2D eigenvalue weighted by Gasteiger charge is 2.39. The molecule has 5 rings (SSSR count). The zero-order chi connectivity index (χ0) is 24.4. The third-order valence-corrected chi connectivity index (χ3v) is 7.20. The van der Waals surface area contributed by atoms with E-state index in [1.165, 1.54) is 29.5 Å². The summed E-state index contributed by atoms with van der Waals surface area (Å²) in [5.74, 6) is 3.36. The Morgan fingerprint density at radius 3 is 2.26 bits per heavy atom. The first-order chi connectivity index (χ1) is 16.9. The van der Waals surface area contributed by atoms with E-state index in [9.17, 15) is 0 Å². The Balaban J connectivity index is 1.18. The van der Waals surface area contributed by atoms with Crippen LogP contribution in [0.25, 0.3) is 11.1 Å². The molecule has 0 spiro atoms. The van der Waals surface area contributed by atoms with Gasteiger partial charge in [-0.25, -0.2) is 5.01 Å². The summed E-state index contributed by atoms with van der Waals surface area (Å²) in [5.41, 5.74) is 3.45. The van der Waals surface area contributed by atoms with Crippen LogP contribution in [0.3, 0.4) is 0 Å². The van der Waals surface area contributed by atoms with E-state index < -0.39 is 0 Å². The van der Waals surface area contributed by atoms with Crippen molar-refractivity contribution >= 4 is 17.5 Å². The quantitative estimate of drug-likeness (QED) is 0.513. The lowest BCUT2D eigenvalue weighted by Crippen LogP contribution is -2.53. The van der Waals surface area contributed by atoms with Crippen LogP contribution in [-0.4, -0.2) is 71.1 Å². The normalized spacial score (nSPS) is 20.1. The molecule has 2 fully saturated rings. The van der Waals surface area contributed by atoms with Gasteiger partial charge in [0.2, 0.25) is 0 Å². The van der Waals surface area contributed by atoms with Gasteiger partial charge in [0, 0.05) is 45.6 Å². The van der Waals surface area contributed by atoms with Crippen molar-refractivity contribution in [1.82, 2.24) is 14.8 Å². The summed E-state index contributed by atoms with van der Waals surface area (Å²) < 4.78 is 0. The Morgan fingerprint density at radius 1 is 0.971 bits per heavy atom. The first kappa shape index (κ1) is 23.3. The number of rotatable bonds is 4. The zero-order valence-corrected chi connectivity index (χ0v) is 21.1. The largest absolute Gasteiger partial charge is 0.357 e. The smallest absolute Gasteiger partial charge is 0.149 e. The Bertz CT molecular complexity index is 1130. The summed E-state index contributed by atoms with van der Waals surface area (Å²) in [6.45, 7) is 7.82. The van der Waals surface area contributed by atoms with Gasteiger partial charge in [-0.15, -0.1) is 0 Å². The first-order valence-corrected chi connectivity index (χ1v) is 12.7. The molecule has 182 valence electrons. The lowest BCUT2D eigenvalue weighted by molar-refractivity contribution is 0.233. The van der Waals surface area contributed by atoms with Crippen molar-refractivity contribution < 1.29 is 0 Å². The van der Waals surface area contributed by atoms with Gasteiger partial charge in [0.25, 0.3) is 0 Å². The number of hydrogen-bond acceptors (Lipinski definition) is 4. The van der Waals surface area contributed by atoms with Gasteiger partial charge in [-0.2, -0.15) is 5.10 Å². The van der Waals surface area contributed by atoms with Crippen molar-refractivity contribution in [3.63, 3.8) is 0 Å². The molecule has 0 aromatic heterocycles. The fourth-order valence-corrected chi connectivity index (χ4v) is 4.88. The van der Waals surface area contributed by atoms with Gasteiger partial charge in [0.15, 0.2) is 0 Å². The topological polar surface area (TPSA) is 58.3 Å². The molecule has 6 nitrogen and oxygen atoms in total. The minimum absolute atomic E-state index is 0.166. The Kier molecular flexibility index (Phi) is 6.46. The molecule has 2 aliphatic heterocycles. The molecule has 2 aromatic carbocycles. The number of piperazine rings is 1. The summed E-state index contributed by atoms with van der Waals surface area (Å²) in [6.07, 6.45) is 7.49. The van der Waals surface area contributed by atoms with E-state index in [1.54, 1.807) is 0 Å². The summed E-state index contributed by atoms with van der Waals surface area (Å²) in [7, 11) is 1.89. The molecule has 35 heavy (non-hydrogen) atoms. The van der Waals surface area contributed by atoms with Gasteiger partial charge >= 0.3 is 0 Å². The maximum absolute atomic E-state index is 8.71. The number of aliphatic imine (C=N–C) groups is 1. The second-order valence-corrected chi connectivity index (χ2v) is 10.3. The number of nitrogens with one attached hydrogen (secondary N) is 1. The standard InChI is InChI=1S/C29H36N6/c1-29(2)16-15-27(32-35(29)28(31-3)25-13-14-25)34-19-17-33(18-20-34)26(30)21-22-9-11-24(12-10-22)23-7-5-4-6-8-23/h4-12,15-16,25,30H,13-14,17-21H2,1-3H3/b30-26?,31-28-. The molecule has 2 aromatic rings. The second-order valence-electron chi connectivity index (χ2n) is 10.3. The molecule has 0 radical (unpaired) electrons. The van der Waals surface area contributed by atoms with Gasteiger partial charge in [0.05, 0.1) is 5.54 Å². The summed E-state index contributed by atoms with van der Waals surface area (Å²) in [4.78, 5) is 9.15. The maximum Gasteiger partial charge on any atom is 0.149 e. The first-order valence-electron chi connectivity index (χ1n) is 12.7. The van der Waals surface area contributed by atoms with E-state index in [-0.39, 0.29) is 5.54 Å². The molecule has 1 N–H and O–H groups in total. The molecule has 0 amide bonds. The van der Waals surface area contributed by atoms with Gasteiger partial charge in [0.1, 0.15) is 17.5 Å². The van der Waals surface area contributed by atoms with Crippen LogP contribution in [0, 0.1) is 11.3 Å².